The molecule has 26 heavy (non-hydrogen) atoms. The van der Waals surface area contributed by atoms with Crippen LogP contribution in [0.4, 0.5) is 0 Å². The Balaban J connectivity index is 2.78. The summed E-state index contributed by atoms with van der Waals surface area (Å²) in [6.07, 6.45) is 3.52. The van der Waals surface area contributed by atoms with Crippen molar-refractivity contribution >= 4 is 34.6 Å². The molecule has 1 aromatic heterocycles. The van der Waals surface area contributed by atoms with E-state index in [2.05, 4.69) is 15.6 Å². The SMILES string of the molecule is CC(=O)NC(CSC(=O)C(Cc1cncn1C)NC(=O)CCN)C(N)=O. The summed E-state index contributed by atoms with van der Waals surface area (Å²) < 4.78 is 1.74. The van der Waals surface area contributed by atoms with E-state index in [1.54, 1.807) is 24.1 Å². The van der Waals surface area contributed by atoms with Crippen molar-refractivity contribution in [3.63, 3.8) is 0 Å². The number of imidazole rings is 1. The molecule has 1 aromatic rings. The van der Waals surface area contributed by atoms with E-state index in [-0.39, 0.29) is 36.2 Å². The number of aromatic nitrogens is 2. The minimum absolute atomic E-state index is 0.0254. The van der Waals surface area contributed by atoms with Gasteiger partial charge < -0.3 is 26.7 Å². The molecule has 2 atom stereocenters. The predicted octanol–water partition coefficient (Wildman–Crippen LogP) is -1.95. The number of amides is 3. The van der Waals surface area contributed by atoms with Crippen LogP contribution >= 0.6 is 11.8 Å². The smallest absolute Gasteiger partial charge is 0.240 e. The van der Waals surface area contributed by atoms with E-state index >= 15 is 0 Å². The molecular weight excluding hydrogens is 360 g/mol. The van der Waals surface area contributed by atoms with Crippen molar-refractivity contribution in [2.45, 2.75) is 31.8 Å². The number of aryl methyl sites for hydroxylation is 1. The molecule has 0 fully saturated rings. The zero-order valence-corrected chi connectivity index (χ0v) is 15.5. The monoisotopic (exact) mass is 384 g/mol. The fourth-order valence-corrected chi connectivity index (χ4v) is 3.01. The van der Waals surface area contributed by atoms with Crippen LogP contribution in [-0.2, 0) is 32.6 Å². The molecule has 144 valence electrons. The average molecular weight is 384 g/mol. The molecule has 1 rings (SSSR count). The van der Waals surface area contributed by atoms with Crippen molar-refractivity contribution in [1.82, 2.24) is 20.2 Å². The van der Waals surface area contributed by atoms with Gasteiger partial charge >= 0.3 is 0 Å². The molecule has 0 aliphatic heterocycles. The van der Waals surface area contributed by atoms with Crippen LogP contribution in [0.5, 0.6) is 0 Å². The summed E-state index contributed by atoms with van der Waals surface area (Å²) in [6, 6.07) is -1.79. The van der Waals surface area contributed by atoms with Crippen LogP contribution in [-0.4, -0.2) is 56.8 Å². The lowest BCUT2D eigenvalue weighted by atomic mass is 10.1. The third-order valence-corrected chi connectivity index (χ3v) is 4.50. The Labute approximate surface area is 155 Å². The van der Waals surface area contributed by atoms with Crippen LogP contribution in [0.1, 0.15) is 19.0 Å². The van der Waals surface area contributed by atoms with Crippen molar-refractivity contribution < 1.29 is 19.2 Å². The molecule has 0 aromatic carbocycles. The standard InChI is InChI=1S/C15H24N6O4S/c1-9(22)19-12(14(17)24)7-26-15(25)11(20-13(23)3-4-16)5-10-6-18-8-21(10)2/h6,8,11-12H,3-5,7,16H2,1-2H3,(H2,17,24)(H,19,22)(H,20,23). The van der Waals surface area contributed by atoms with Gasteiger partial charge in [-0.3, -0.25) is 19.2 Å². The minimum Gasteiger partial charge on any atom is -0.368 e. The second kappa shape index (κ2) is 10.6. The molecule has 0 radical (unpaired) electrons. The third kappa shape index (κ3) is 7.23. The number of nitrogens with zero attached hydrogens (tertiary/aromatic N) is 2. The van der Waals surface area contributed by atoms with Crippen LogP contribution in [0.2, 0.25) is 0 Å². The lowest BCUT2D eigenvalue weighted by Crippen LogP contribution is -2.47. The van der Waals surface area contributed by atoms with Gasteiger partial charge in [-0.05, 0) is 0 Å². The quantitative estimate of drug-likeness (QED) is 0.364. The molecule has 0 spiro atoms. The van der Waals surface area contributed by atoms with Crippen molar-refractivity contribution in [1.29, 1.82) is 0 Å². The van der Waals surface area contributed by atoms with Gasteiger partial charge in [0.25, 0.3) is 0 Å². The summed E-state index contributed by atoms with van der Waals surface area (Å²) in [7, 11) is 1.78. The summed E-state index contributed by atoms with van der Waals surface area (Å²) in [5.41, 5.74) is 11.3. The van der Waals surface area contributed by atoms with Gasteiger partial charge in [-0.25, -0.2) is 4.98 Å². The highest BCUT2D eigenvalue weighted by Gasteiger charge is 2.25. The first kappa shape index (κ1) is 21.6. The molecule has 11 heteroatoms. The van der Waals surface area contributed by atoms with Crippen LogP contribution < -0.4 is 22.1 Å². The summed E-state index contributed by atoms with van der Waals surface area (Å²) in [5, 5.41) is 4.67. The predicted molar refractivity (Wildman–Crippen MR) is 96.8 cm³/mol. The van der Waals surface area contributed by atoms with Gasteiger partial charge in [0.05, 0.1) is 6.33 Å². The van der Waals surface area contributed by atoms with Crippen LogP contribution in [0.3, 0.4) is 0 Å². The Morgan fingerprint density at radius 3 is 2.46 bits per heavy atom. The van der Waals surface area contributed by atoms with Crippen LogP contribution in [0.15, 0.2) is 12.5 Å². The maximum atomic E-state index is 12.6. The molecule has 2 unspecified atom stereocenters. The lowest BCUT2D eigenvalue weighted by molar-refractivity contribution is -0.125. The molecule has 10 nitrogen and oxygen atoms in total. The Morgan fingerprint density at radius 1 is 1.27 bits per heavy atom. The summed E-state index contributed by atoms with van der Waals surface area (Å²) in [4.78, 5) is 50.9. The van der Waals surface area contributed by atoms with E-state index in [1.165, 1.54) is 6.92 Å². The first-order chi connectivity index (χ1) is 12.2. The minimum atomic E-state index is -0.974. The molecule has 1 heterocycles. The van der Waals surface area contributed by atoms with Crippen LogP contribution in [0.25, 0.3) is 0 Å². The largest absolute Gasteiger partial charge is 0.368 e. The van der Waals surface area contributed by atoms with Crippen molar-refractivity contribution in [3.8, 4) is 0 Å². The zero-order valence-electron chi connectivity index (χ0n) is 14.7. The maximum absolute atomic E-state index is 12.6. The summed E-state index contributed by atoms with van der Waals surface area (Å²) >= 11 is 0.821. The second-order valence-corrected chi connectivity index (χ2v) is 6.67. The van der Waals surface area contributed by atoms with E-state index in [0.29, 0.717) is 0 Å². The van der Waals surface area contributed by atoms with Crippen molar-refractivity contribution in [2.24, 2.45) is 18.5 Å². The number of hydrogen-bond acceptors (Lipinski definition) is 7. The Bertz CT molecular complexity index is 662. The van der Waals surface area contributed by atoms with Crippen molar-refractivity contribution in [2.75, 3.05) is 12.3 Å². The number of primary amides is 1. The maximum Gasteiger partial charge on any atom is 0.240 e. The molecule has 0 saturated carbocycles. The highest BCUT2D eigenvalue weighted by molar-refractivity contribution is 8.13. The van der Waals surface area contributed by atoms with E-state index in [0.717, 1.165) is 17.5 Å². The topological polar surface area (TPSA) is 162 Å². The van der Waals surface area contributed by atoms with Gasteiger partial charge in [0.1, 0.15) is 12.1 Å². The normalized spacial score (nSPS) is 12.9. The molecular formula is C15H24N6O4S. The summed E-state index contributed by atoms with van der Waals surface area (Å²) in [6.45, 7) is 1.42. The number of carbonyl (C=O) groups is 4. The van der Waals surface area contributed by atoms with Gasteiger partial charge in [-0.15, -0.1) is 0 Å². The highest BCUT2D eigenvalue weighted by atomic mass is 32.2. The van der Waals surface area contributed by atoms with Crippen molar-refractivity contribution in [3.05, 3.63) is 18.2 Å². The van der Waals surface area contributed by atoms with E-state index in [4.69, 9.17) is 11.5 Å². The number of rotatable bonds is 10. The third-order valence-electron chi connectivity index (χ3n) is 3.43. The molecule has 0 saturated heterocycles. The fraction of sp³-hybridized carbons (Fsp3) is 0.533. The van der Waals surface area contributed by atoms with E-state index in [9.17, 15) is 19.2 Å². The van der Waals surface area contributed by atoms with Crippen LogP contribution in [0, 0.1) is 0 Å². The Morgan fingerprint density at radius 2 is 1.96 bits per heavy atom. The number of hydrogen-bond donors (Lipinski definition) is 4. The fourth-order valence-electron chi connectivity index (χ4n) is 2.09. The summed E-state index contributed by atoms with van der Waals surface area (Å²) in [5.74, 6) is -1.54. The van der Waals surface area contributed by atoms with Gasteiger partial charge in [0.15, 0.2) is 0 Å². The molecule has 0 aliphatic rings. The Hall–Kier alpha value is -2.40. The number of thioether (sulfide) groups is 1. The van der Waals surface area contributed by atoms with Gasteiger partial charge in [-0.1, -0.05) is 11.8 Å². The second-order valence-electron chi connectivity index (χ2n) is 5.64. The number of nitrogens with two attached hydrogens (primary N) is 2. The van der Waals surface area contributed by atoms with Gasteiger partial charge in [0.2, 0.25) is 22.8 Å². The molecule has 0 bridgehead atoms. The van der Waals surface area contributed by atoms with Gasteiger partial charge in [-0.2, -0.15) is 0 Å². The van der Waals surface area contributed by atoms with E-state index < -0.39 is 23.9 Å². The number of carbonyl (C=O) groups excluding carboxylic acids is 4. The van der Waals surface area contributed by atoms with Gasteiger partial charge in [0, 0.05) is 51.0 Å². The first-order valence-corrected chi connectivity index (χ1v) is 8.90. The lowest BCUT2D eigenvalue weighted by Gasteiger charge is -2.19. The molecule has 6 N–H and O–H groups in total. The van der Waals surface area contributed by atoms with E-state index in [1.807, 2.05) is 0 Å². The Kier molecular flexibility index (Phi) is 8.79. The molecule has 0 aliphatic carbocycles. The number of nitrogens with one attached hydrogen (secondary N) is 2. The highest BCUT2D eigenvalue weighted by Crippen LogP contribution is 2.13. The first-order valence-electron chi connectivity index (χ1n) is 7.92. The molecule has 3 amide bonds. The zero-order chi connectivity index (χ0) is 19.7. The average Bonchev–Trinajstić information content (AvgIpc) is 2.95.